The number of hydrogen-bond acceptors (Lipinski definition) is 5. The highest BCUT2D eigenvalue weighted by Gasteiger charge is 2.13. The van der Waals surface area contributed by atoms with Crippen LogP contribution in [0.15, 0.2) is 23.1 Å². The van der Waals surface area contributed by atoms with Gasteiger partial charge in [0.1, 0.15) is 12.4 Å². The van der Waals surface area contributed by atoms with Crippen LogP contribution in [0.1, 0.15) is 5.56 Å². The van der Waals surface area contributed by atoms with Crippen LogP contribution in [-0.2, 0) is 13.8 Å². The number of nitrogens with zero attached hydrogens (tertiary/aromatic N) is 1. The van der Waals surface area contributed by atoms with E-state index in [1.54, 1.807) is 13.0 Å². The van der Waals surface area contributed by atoms with Gasteiger partial charge in [0.05, 0.1) is 18.1 Å². The molecule has 0 aromatic heterocycles. The van der Waals surface area contributed by atoms with Crippen molar-refractivity contribution in [3.05, 3.63) is 23.8 Å². The Bertz CT molecular complexity index is 555. The lowest BCUT2D eigenvalue weighted by molar-refractivity contribution is 0.0322. The van der Waals surface area contributed by atoms with Crippen LogP contribution >= 0.6 is 10.7 Å². The summed E-state index contributed by atoms with van der Waals surface area (Å²) in [6.45, 7) is 6.57. The second kappa shape index (κ2) is 6.76. The third kappa shape index (κ3) is 4.34. The van der Waals surface area contributed by atoms with Crippen LogP contribution in [0.3, 0.4) is 0 Å². The monoisotopic (exact) mass is 319 g/mol. The predicted octanol–water partition coefficient (Wildman–Crippen LogP) is 1.63. The third-order valence-electron chi connectivity index (χ3n) is 3.20. The van der Waals surface area contributed by atoms with E-state index < -0.39 is 9.05 Å². The van der Waals surface area contributed by atoms with E-state index in [4.69, 9.17) is 20.2 Å². The minimum atomic E-state index is -3.69. The van der Waals surface area contributed by atoms with Crippen LogP contribution in [0.25, 0.3) is 0 Å². The Morgan fingerprint density at radius 3 is 2.65 bits per heavy atom. The van der Waals surface area contributed by atoms with Crippen molar-refractivity contribution in [2.24, 2.45) is 0 Å². The van der Waals surface area contributed by atoms with E-state index >= 15 is 0 Å². The first kappa shape index (κ1) is 15.6. The molecule has 1 heterocycles. The number of aryl methyl sites for hydroxylation is 1. The average molecular weight is 320 g/mol. The molecule has 1 fully saturated rings. The highest BCUT2D eigenvalue weighted by molar-refractivity contribution is 8.13. The average Bonchev–Trinajstić information content (AvgIpc) is 2.40. The van der Waals surface area contributed by atoms with Crippen molar-refractivity contribution in [3.8, 4) is 5.75 Å². The molecule has 1 aromatic rings. The van der Waals surface area contributed by atoms with Crippen LogP contribution in [-0.4, -0.2) is 52.8 Å². The molecule has 20 heavy (non-hydrogen) atoms. The van der Waals surface area contributed by atoms with Gasteiger partial charge < -0.3 is 9.47 Å². The summed E-state index contributed by atoms with van der Waals surface area (Å²) < 4.78 is 33.4. The molecule has 0 amide bonds. The minimum absolute atomic E-state index is 0.0946. The molecule has 7 heteroatoms. The molecule has 0 bridgehead atoms. The second-order valence-corrected chi connectivity index (χ2v) is 7.23. The van der Waals surface area contributed by atoms with Gasteiger partial charge in [0.2, 0.25) is 0 Å². The molecule has 1 aliphatic rings. The number of halogens is 1. The van der Waals surface area contributed by atoms with Gasteiger partial charge in [-0.05, 0) is 30.7 Å². The van der Waals surface area contributed by atoms with Crippen molar-refractivity contribution in [3.63, 3.8) is 0 Å². The summed E-state index contributed by atoms with van der Waals surface area (Å²) in [6, 6.07) is 4.62. The van der Waals surface area contributed by atoms with Gasteiger partial charge in [0, 0.05) is 30.3 Å². The van der Waals surface area contributed by atoms with Gasteiger partial charge in [-0.25, -0.2) is 8.42 Å². The van der Waals surface area contributed by atoms with Gasteiger partial charge in [-0.15, -0.1) is 0 Å². The van der Waals surface area contributed by atoms with Crippen LogP contribution in [0.4, 0.5) is 0 Å². The smallest absolute Gasteiger partial charge is 0.261 e. The highest BCUT2D eigenvalue weighted by atomic mass is 35.7. The maximum absolute atomic E-state index is 11.2. The van der Waals surface area contributed by atoms with Crippen LogP contribution in [0, 0.1) is 6.92 Å². The number of hydrogen-bond donors (Lipinski definition) is 0. The Morgan fingerprint density at radius 2 is 2.05 bits per heavy atom. The van der Waals surface area contributed by atoms with E-state index in [0.717, 1.165) is 38.4 Å². The first-order valence-electron chi connectivity index (χ1n) is 6.45. The lowest BCUT2D eigenvalue weighted by atomic mass is 10.2. The summed E-state index contributed by atoms with van der Waals surface area (Å²) in [5.41, 5.74) is 0.758. The normalized spacial score (nSPS) is 17.1. The van der Waals surface area contributed by atoms with Gasteiger partial charge in [-0.3, -0.25) is 4.90 Å². The van der Waals surface area contributed by atoms with Gasteiger partial charge in [0.25, 0.3) is 9.05 Å². The van der Waals surface area contributed by atoms with Gasteiger partial charge in [-0.1, -0.05) is 0 Å². The first-order valence-corrected chi connectivity index (χ1v) is 8.76. The molecule has 1 aromatic carbocycles. The van der Waals surface area contributed by atoms with Crippen molar-refractivity contribution < 1.29 is 17.9 Å². The number of morpholine rings is 1. The molecular formula is C13H18ClNO4S. The fraction of sp³-hybridized carbons (Fsp3) is 0.538. The molecule has 0 N–H and O–H groups in total. The minimum Gasteiger partial charge on any atom is -0.492 e. The predicted molar refractivity (Wildman–Crippen MR) is 77.0 cm³/mol. The quantitative estimate of drug-likeness (QED) is 0.772. The lowest BCUT2D eigenvalue weighted by Gasteiger charge is -2.26. The number of rotatable bonds is 5. The first-order chi connectivity index (χ1) is 9.47. The summed E-state index contributed by atoms with van der Waals surface area (Å²) in [5, 5.41) is 0. The van der Waals surface area contributed by atoms with E-state index in [-0.39, 0.29) is 4.90 Å². The molecule has 0 radical (unpaired) electrons. The third-order valence-corrected chi connectivity index (χ3v) is 4.55. The van der Waals surface area contributed by atoms with E-state index in [1.165, 1.54) is 12.1 Å². The zero-order valence-electron chi connectivity index (χ0n) is 11.3. The highest BCUT2D eigenvalue weighted by Crippen LogP contribution is 2.23. The molecule has 112 valence electrons. The van der Waals surface area contributed by atoms with Gasteiger partial charge in [-0.2, -0.15) is 0 Å². The molecule has 1 aliphatic heterocycles. The van der Waals surface area contributed by atoms with Crippen molar-refractivity contribution >= 4 is 19.7 Å². The van der Waals surface area contributed by atoms with Crippen molar-refractivity contribution in [2.75, 3.05) is 39.5 Å². The molecule has 0 aliphatic carbocycles. The van der Waals surface area contributed by atoms with Crippen LogP contribution in [0.5, 0.6) is 5.75 Å². The maximum atomic E-state index is 11.2. The maximum Gasteiger partial charge on any atom is 0.261 e. The zero-order valence-corrected chi connectivity index (χ0v) is 12.9. The topological polar surface area (TPSA) is 55.8 Å². The molecule has 0 spiro atoms. The Kier molecular flexibility index (Phi) is 5.26. The van der Waals surface area contributed by atoms with Crippen molar-refractivity contribution in [2.45, 2.75) is 11.8 Å². The van der Waals surface area contributed by atoms with E-state index in [9.17, 15) is 8.42 Å². The fourth-order valence-corrected chi connectivity index (χ4v) is 2.88. The zero-order chi connectivity index (χ0) is 14.6. The lowest BCUT2D eigenvalue weighted by Crippen LogP contribution is -2.38. The summed E-state index contributed by atoms with van der Waals surface area (Å²) >= 11 is 0. The van der Waals surface area contributed by atoms with E-state index in [1.807, 2.05) is 0 Å². The fourth-order valence-electron chi connectivity index (χ4n) is 2.04. The summed E-state index contributed by atoms with van der Waals surface area (Å²) in [6.07, 6.45) is 0. The molecular weight excluding hydrogens is 302 g/mol. The molecule has 0 saturated carbocycles. The Hall–Kier alpha value is -0.820. The van der Waals surface area contributed by atoms with E-state index in [2.05, 4.69) is 4.90 Å². The molecule has 1 saturated heterocycles. The Morgan fingerprint density at radius 1 is 1.35 bits per heavy atom. The van der Waals surface area contributed by atoms with Crippen LogP contribution < -0.4 is 4.74 Å². The summed E-state index contributed by atoms with van der Waals surface area (Å²) in [7, 11) is 1.62. The number of benzene rings is 1. The second-order valence-electron chi connectivity index (χ2n) is 4.67. The number of ether oxygens (including phenoxy) is 2. The van der Waals surface area contributed by atoms with Gasteiger partial charge in [0.15, 0.2) is 0 Å². The Labute approximate surface area is 123 Å². The Balaban J connectivity index is 1.90. The SMILES string of the molecule is Cc1cc(S(=O)(=O)Cl)ccc1OCCN1CCOCC1. The molecule has 0 atom stereocenters. The summed E-state index contributed by atoms with van der Waals surface area (Å²) in [5.74, 6) is 0.683. The molecule has 5 nitrogen and oxygen atoms in total. The van der Waals surface area contributed by atoms with Crippen molar-refractivity contribution in [1.82, 2.24) is 4.90 Å². The molecule has 2 rings (SSSR count). The summed E-state index contributed by atoms with van der Waals surface area (Å²) in [4.78, 5) is 2.37. The standard InChI is InChI=1S/C13H18ClNO4S/c1-11-10-12(20(14,16)17)2-3-13(11)19-9-6-15-4-7-18-8-5-15/h2-3,10H,4-9H2,1H3. The van der Waals surface area contributed by atoms with Crippen molar-refractivity contribution in [1.29, 1.82) is 0 Å². The van der Waals surface area contributed by atoms with E-state index in [0.29, 0.717) is 12.4 Å². The van der Waals surface area contributed by atoms with Gasteiger partial charge >= 0.3 is 0 Å². The largest absolute Gasteiger partial charge is 0.492 e. The van der Waals surface area contributed by atoms with Crippen LogP contribution in [0.2, 0.25) is 0 Å². The molecule has 0 unspecified atom stereocenters.